The molecule has 0 spiro atoms. The van der Waals surface area contributed by atoms with Gasteiger partial charge < -0.3 is 0 Å². The molecule has 2 aromatic carbocycles. The fraction of sp³-hybridized carbons (Fsp3) is 0.200. The standard InChI is InChI=1S/C20H18N2O4S2/c1-14-7-8-16(13-18(14)22(23)24)28(25,26)21-11-9-19-17(10-12-27-19)20(21)15-5-3-2-4-6-15/h2-8,10,12-13,20H,9,11H2,1H3. The Hall–Kier alpha value is -2.55. The van der Waals surface area contributed by atoms with Crippen molar-refractivity contribution in [1.82, 2.24) is 4.31 Å². The molecule has 0 aliphatic carbocycles. The van der Waals surface area contributed by atoms with E-state index in [1.165, 1.54) is 21.3 Å². The third kappa shape index (κ3) is 3.13. The SMILES string of the molecule is Cc1ccc(S(=O)(=O)N2CCc3sccc3C2c2ccccc2)cc1[N+](=O)[O-]. The molecule has 144 valence electrons. The van der Waals surface area contributed by atoms with E-state index in [1.54, 1.807) is 18.3 Å². The number of nitro benzene ring substituents is 1. The zero-order chi connectivity index (χ0) is 19.9. The summed E-state index contributed by atoms with van der Waals surface area (Å²) in [6.07, 6.45) is 0.628. The van der Waals surface area contributed by atoms with Crippen LogP contribution in [-0.4, -0.2) is 24.2 Å². The summed E-state index contributed by atoms with van der Waals surface area (Å²) in [5.41, 5.74) is 2.10. The number of hydrogen-bond donors (Lipinski definition) is 0. The average molecular weight is 415 g/mol. The van der Waals surface area contributed by atoms with E-state index < -0.39 is 21.0 Å². The summed E-state index contributed by atoms with van der Waals surface area (Å²) >= 11 is 1.63. The summed E-state index contributed by atoms with van der Waals surface area (Å²) in [6.45, 7) is 1.93. The van der Waals surface area contributed by atoms with Crippen LogP contribution in [0.5, 0.6) is 0 Å². The second-order valence-corrected chi connectivity index (χ2v) is 9.57. The maximum atomic E-state index is 13.5. The minimum Gasteiger partial charge on any atom is -0.258 e. The summed E-state index contributed by atoms with van der Waals surface area (Å²) in [6, 6.07) is 15.1. The van der Waals surface area contributed by atoms with Gasteiger partial charge in [0.05, 0.1) is 15.9 Å². The molecule has 8 heteroatoms. The van der Waals surface area contributed by atoms with Gasteiger partial charge in [-0.1, -0.05) is 36.4 Å². The molecule has 0 saturated carbocycles. The molecule has 1 unspecified atom stereocenters. The molecule has 1 aromatic heterocycles. The van der Waals surface area contributed by atoms with Crippen molar-refractivity contribution in [2.45, 2.75) is 24.3 Å². The number of nitro groups is 1. The normalized spacial score (nSPS) is 17.2. The smallest absolute Gasteiger partial charge is 0.258 e. The van der Waals surface area contributed by atoms with Gasteiger partial charge in [-0.25, -0.2) is 8.42 Å². The van der Waals surface area contributed by atoms with Crippen molar-refractivity contribution in [3.63, 3.8) is 0 Å². The number of rotatable bonds is 4. The molecule has 1 atom stereocenters. The molecular weight excluding hydrogens is 396 g/mol. The number of hydrogen-bond acceptors (Lipinski definition) is 5. The van der Waals surface area contributed by atoms with Crippen LogP contribution < -0.4 is 0 Å². The Bertz CT molecular complexity index is 1140. The first-order valence-electron chi connectivity index (χ1n) is 8.77. The number of fused-ring (bicyclic) bond motifs is 1. The highest BCUT2D eigenvalue weighted by Crippen LogP contribution is 2.41. The number of benzene rings is 2. The molecule has 1 aliphatic rings. The van der Waals surface area contributed by atoms with E-state index >= 15 is 0 Å². The first-order chi connectivity index (χ1) is 13.4. The zero-order valence-corrected chi connectivity index (χ0v) is 16.7. The molecule has 0 fully saturated rings. The van der Waals surface area contributed by atoms with Crippen LogP contribution in [0.2, 0.25) is 0 Å². The van der Waals surface area contributed by atoms with Crippen molar-refractivity contribution in [1.29, 1.82) is 0 Å². The predicted molar refractivity (Wildman–Crippen MR) is 108 cm³/mol. The van der Waals surface area contributed by atoms with Gasteiger partial charge in [0, 0.05) is 23.1 Å². The Morgan fingerprint density at radius 1 is 1.14 bits per heavy atom. The van der Waals surface area contributed by atoms with Gasteiger partial charge in [0.1, 0.15) is 0 Å². The van der Waals surface area contributed by atoms with Gasteiger partial charge in [0.15, 0.2) is 0 Å². The molecule has 28 heavy (non-hydrogen) atoms. The highest BCUT2D eigenvalue weighted by molar-refractivity contribution is 7.89. The van der Waals surface area contributed by atoms with Crippen LogP contribution in [0.1, 0.15) is 27.6 Å². The molecule has 0 bridgehead atoms. The van der Waals surface area contributed by atoms with Crippen LogP contribution in [0.25, 0.3) is 0 Å². The van der Waals surface area contributed by atoms with Gasteiger partial charge in [-0.05, 0) is 42.0 Å². The Balaban J connectivity index is 1.85. The molecule has 0 amide bonds. The number of aryl methyl sites for hydroxylation is 1. The van der Waals surface area contributed by atoms with E-state index in [4.69, 9.17) is 0 Å². The molecule has 2 heterocycles. The van der Waals surface area contributed by atoms with Crippen LogP contribution in [0.4, 0.5) is 5.69 Å². The van der Waals surface area contributed by atoms with Crippen LogP contribution >= 0.6 is 11.3 Å². The third-order valence-electron chi connectivity index (χ3n) is 5.02. The Morgan fingerprint density at radius 3 is 2.61 bits per heavy atom. The highest BCUT2D eigenvalue weighted by Gasteiger charge is 2.38. The lowest BCUT2D eigenvalue weighted by molar-refractivity contribution is -0.385. The summed E-state index contributed by atoms with van der Waals surface area (Å²) < 4.78 is 28.5. The molecule has 3 aromatic rings. The summed E-state index contributed by atoms with van der Waals surface area (Å²) in [4.78, 5) is 11.9. The van der Waals surface area contributed by atoms with E-state index in [0.29, 0.717) is 18.5 Å². The molecule has 1 aliphatic heterocycles. The van der Waals surface area contributed by atoms with Gasteiger partial charge in [-0.2, -0.15) is 4.31 Å². The van der Waals surface area contributed by atoms with Gasteiger partial charge in [-0.15, -0.1) is 11.3 Å². The second kappa shape index (κ2) is 7.12. The van der Waals surface area contributed by atoms with Gasteiger partial charge in [-0.3, -0.25) is 10.1 Å². The van der Waals surface area contributed by atoms with Gasteiger partial charge >= 0.3 is 0 Å². The Labute approximate surface area is 167 Å². The number of sulfonamides is 1. The quantitative estimate of drug-likeness (QED) is 0.471. The van der Waals surface area contributed by atoms with E-state index in [9.17, 15) is 18.5 Å². The van der Waals surface area contributed by atoms with Crippen molar-refractivity contribution in [3.05, 3.63) is 91.7 Å². The number of nitrogens with zero attached hydrogens (tertiary/aromatic N) is 2. The minimum atomic E-state index is -3.92. The van der Waals surface area contributed by atoms with Crippen molar-refractivity contribution < 1.29 is 13.3 Å². The lowest BCUT2D eigenvalue weighted by Crippen LogP contribution is -2.40. The highest BCUT2D eigenvalue weighted by atomic mass is 32.2. The van der Waals surface area contributed by atoms with E-state index in [2.05, 4.69) is 0 Å². The molecule has 0 saturated heterocycles. The predicted octanol–water partition coefficient (Wildman–Crippen LogP) is 4.30. The van der Waals surface area contributed by atoms with E-state index in [-0.39, 0.29) is 10.6 Å². The maximum Gasteiger partial charge on any atom is 0.273 e. The topological polar surface area (TPSA) is 80.5 Å². The second-order valence-electron chi connectivity index (χ2n) is 6.68. The average Bonchev–Trinajstić information content (AvgIpc) is 3.16. The number of thiophene rings is 1. The Morgan fingerprint density at radius 2 is 1.89 bits per heavy atom. The minimum absolute atomic E-state index is 0.0515. The van der Waals surface area contributed by atoms with Gasteiger partial charge in [0.25, 0.3) is 5.69 Å². The fourth-order valence-corrected chi connectivity index (χ4v) is 6.13. The summed E-state index contributed by atoms with van der Waals surface area (Å²) in [5.74, 6) is 0. The Kier molecular flexibility index (Phi) is 4.78. The third-order valence-corrected chi connectivity index (χ3v) is 7.88. The molecule has 0 radical (unpaired) electrons. The molecular formula is C20H18N2O4S2. The first-order valence-corrected chi connectivity index (χ1v) is 11.1. The van der Waals surface area contributed by atoms with Crippen molar-refractivity contribution in [2.75, 3.05) is 6.54 Å². The van der Waals surface area contributed by atoms with Gasteiger partial charge in [0.2, 0.25) is 10.0 Å². The van der Waals surface area contributed by atoms with Crippen LogP contribution in [0.15, 0.2) is 64.9 Å². The van der Waals surface area contributed by atoms with E-state index in [0.717, 1.165) is 17.2 Å². The fourth-order valence-electron chi connectivity index (χ4n) is 3.62. The summed E-state index contributed by atoms with van der Waals surface area (Å²) in [7, 11) is -3.92. The van der Waals surface area contributed by atoms with E-state index in [1.807, 2.05) is 41.8 Å². The lowest BCUT2D eigenvalue weighted by atomic mass is 9.95. The molecule has 0 N–H and O–H groups in total. The van der Waals surface area contributed by atoms with Crippen LogP contribution in [-0.2, 0) is 16.4 Å². The largest absolute Gasteiger partial charge is 0.273 e. The maximum absolute atomic E-state index is 13.5. The summed E-state index contributed by atoms with van der Waals surface area (Å²) in [5, 5.41) is 13.3. The monoisotopic (exact) mass is 414 g/mol. The first kappa shape index (κ1) is 18.8. The molecule has 4 rings (SSSR count). The van der Waals surface area contributed by atoms with Crippen molar-refractivity contribution in [2.24, 2.45) is 0 Å². The van der Waals surface area contributed by atoms with Crippen LogP contribution in [0, 0.1) is 17.0 Å². The van der Waals surface area contributed by atoms with Crippen LogP contribution in [0.3, 0.4) is 0 Å². The lowest BCUT2D eigenvalue weighted by Gasteiger charge is -2.35. The molecule has 6 nitrogen and oxygen atoms in total. The van der Waals surface area contributed by atoms with Crippen molar-refractivity contribution >= 4 is 27.0 Å². The van der Waals surface area contributed by atoms with Crippen molar-refractivity contribution in [3.8, 4) is 0 Å². The zero-order valence-electron chi connectivity index (χ0n) is 15.1.